The Labute approximate surface area is 140 Å². The highest BCUT2D eigenvalue weighted by Gasteiger charge is 2.12. The van der Waals surface area contributed by atoms with E-state index < -0.39 is 5.97 Å². The fraction of sp³-hybridized carbons (Fsp3) is 0.150. The van der Waals surface area contributed by atoms with E-state index in [9.17, 15) is 9.90 Å². The molecule has 2 aromatic carbocycles. The first-order chi connectivity index (χ1) is 11.7. The van der Waals surface area contributed by atoms with Crippen molar-refractivity contribution in [3.8, 4) is 22.7 Å². The number of aliphatic carboxylic acids is 1. The topological polar surface area (TPSA) is 54.3 Å². The molecule has 0 saturated carbocycles. The number of carboxylic acids is 1. The number of aromatic nitrogens is 1. The Morgan fingerprint density at radius 2 is 1.71 bits per heavy atom. The van der Waals surface area contributed by atoms with Gasteiger partial charge in [-0.25, -0.2) is 0 Å². The molecule has 0 amide bonds. The van der Waals surface area contributed by atoms with Crippen molar-refractivity contribution >= 4 is 5.97 Å². The molecule has 122 valence electrons. The first-order valence-corrected chi connectivity index (χ1v) is 7.79. The van der Waals surface area contributed by atoms with Crippen LogP contribution in [-0.4, -0.2) is 17.6 Å². The number of ether oxygens (including phenoxy) is 1. The second kappa shape index (κ2) is 7.04. The van der Waals surface area contributed by atoms with Crippen LogP contribution in [0.25, 0.3) is 16.9 Å². The van der Waals surface area contributed by atoms with Crippen LogP contribution in [0.2, 0.25) is 0 Å². The largest absolute Gasteiger partial charge is 0.550 e. The fourth-order valence-corrected chi connectivity index (χ4v) is 2.77. The number of carbonyl (C=O) groups is 1. The van der Waals surface area contributed by atoms with Gasteiger partial charge in [-0.3, -0.25) is 0 Å². The van der Waals surface area contributed by atoms with Gasteiger partial charge in [0.2, 0.25) is 0 Å². The average molecular weight is 320 g/mol. The smallest absolute Gasteiger partial charge is 0.119 e. The van der Waals surface area contributed by atoms with Crippen molar-refractivity contribution in [2.75, 3.05) is 7.11 Å². The Bertz CT molecular complexity index is 820. The van der Waals surface area contributed by atoms with Gasteiger partial charge in [-0.1, -0.05) is 30.3 Å². The van der Waals surface area contributed by atoms with E-state index in [1.807, 2.05) is 66.7 Å². The maximum absolute atomic E-state index is 10.8. The third-order valence-electron chi connectivity index (χ3n) is 3.95. The molecule has 0 spiro atoms. The molecule has 0 aliphatic heterocycles. The van der Waals surface area contributed by atoms with Crippen LogP contribution in [-0.2, 0) is 11.2 Å². The molecule has 0 unspecified atom stereocenters. The Hall–Kier alpha value is -3.01. The maximum Gasteiger partial charge on any atom is 0.119 e. The lowest BCUT2D eigenvalue weighted by Crippen LogP contribution is -2.22. The Morgan fingerprint density at radius 3 is 2.33 bits per heavy atom. The predicted octanol–water partition coefficient (Wildman–Crippen LogP) is 2.84. The first kappa shape index (κ1) is 15.9. The Morgan fingerprint density at radius 1 is 1.00 bits per heavy atom. The molecular weight excluding hydrogens is 302 g/mol. The second-order valence-electron chi connectivity index (χ2n) is 5.48. The van der Waals surface area contributed by atoms with E-state index >= 15 is 0 Å². The zero-order valence-electron chi connectivity index (χ0n) is 13.4. The molecule has 0 fully saturated rings. The summed E-state index contributed by atoms with van der Waals surface area (Å²) in [5.74, 6) is -0.262. The van der Waals surface area contributed by atoms with Crippen molar-refractivity contribution in [2.45, 2.75) is 12.8 Å². The molecule has 4 heteroatoms. The third kappa shape index (κ3) is 3.33. The minimum absolute atomic E-state index is 0.00556. The molecule has 0 radical (unpaired) electrons. The summed E-state index contributed by atoms with van der Waals surface area (Å²) in [5.41, 5.74) is 4.00. The van der Waals surface area contributed by atoms with Crippen LogP contribution in [0.5, 0.6) is 5.75 Å². The zero-order chi connectivity index (χ0) is 16.9. The average Bonchev–Trinajstić information content (AvgIpc) is 3.04. The fourth-order valence-electron chi connectivity index (χ4n) is 2.77. The van der Waals surface area contributed by atoms with Gasteiger partial charge in [0.25, 0.3) is 0 Å². The van der Waals surface area contributed by atoms with Gasteiger partial charge >= 0.3 is 0 Å². The van der Waals surface area contributed by atoms with Crippen molar-refractivity contribution in [3.05, 3.63) is 72.4 Å². The van der Waals surface area contributed by atoms with E-state index in [0.717, 1.165) is 28.4 Å². The Balaban J connectivity index is 2.08. The molecular formula is C20H18NO3-. The minimum atomic E-state index is -1.04. The van der Waals surface area contributed by atoms with Gasteiger partial charge in [0, 0.05) is 17.4 Å². The van der Waals surface area contributed by atoms with Gasteiger partial charge in [-0.15, -0.1) is 0 Å². The number of rotatable bonds is 6. The van der Waals surface area contributed by atoms with Crippen molar-refractivity contribution in [1.82, 2.24) is 4.57 Å². The van der Waals surface area contributed by atoms with Crippen LogP contribution >= 0.6 is 0 Å². The SMILES string of the molecule is COc1ccc(-n2c(CCC(=O)[O-])ccc2-c2ccccc2)cc1. The van der Waals surface area contributed by atoms with Gasteiger partial charge in [0.1, 0.15) is 5.75 Å². The Kier molecular flexibility index (Phi) is 4.66. The molecule has 0 aliphatic rings. The molecule has 3 aromatic rings. The van der Waals surface area contributed by atoms with Crippen molar-refractivity contribution in [3.63, 3.8) is 0 Å². The van der Waals surface area contributed by atoms with Gasteiger partial charge < -0.3 is 19.2 Å². The summed E-state index contributed by atoms with van der Waals surface area (Å²) in [7, 11) is 1.63. The van der Waals surface area contributed by atoms with E-state index in [2.05, 4.69) is 4.57 Å². The van der Waals surface area contributed by atoms with E-state index in [0.29, 0.717) is 6.42 Å². The van der Waals surface area contributed by atoms with Crippen LogP contribution in [0.15, 0.2) is 66.7 Å². The van der Waals surface area contributed by atoms with Crippen LogP contribution in [0.1, 0.15) is 12.1 Å². The normalized spacial score (nSPS) is 10.5. The number of hydrogen-bond donors (Lipinski definition) is 0. The first-order valence-electron chi connectivity index (χ1n) is 7.79. The molecule has 0 N–H and O–H groups in total. The number of methoxy groups -OCH3 is 1. The van der Waals surface area contributed by atoms with Crippen LogP contribution in [0, 0.1) is 0 Å². The maximum atomic E-state index is 10.8. The van der Waals surface area contributed by atoms with E-state index in [4.69, 9.17) is 4.74 Å². The standard InChI is InChI=1S/C20H19NO3/c1-24-18-11-7-16(8-12-18)21-17(10-14-20(22)23)9-13-19(21)15-5-3-2-4-6-15/h2-9,11-13H,10,14H2,1H3,(H,22,23)/p-1. The number of nitrogens with zero attached hydrogens (tertiary/aromatic N) is 1. The summed E-state index contributed by atoms with van der Waals surface area (Å²) in [6, 6.07) is 21.7. The minimum Gasteiger partial charge on any atom is -0.550 e. The molecule has 0 atom stereocenters. The van der Waals surface area contributed by atoms with Gasteiger partial charge in [0.05, 0.1) is 12.8 Å². The monoisotopic (exact) mass is 320 g/mol. The highest BCUT2D eigenvalue weighted by Crippen LogP contribution is 2.28. The number of carboxylic acid groups (broad SMARTS) is 1. The van der Waals surface area contributed by atoms with Crippen molar-refractivity contribution in [1.29, 1.82) is 0 Å². The van der Waals surface area contributed by atoms with Crippen LogP contribution in [0.3, 0.4) is 0 Å². The highest BCUT2D eigenvalue weighted by molar-refractivity contribution is 5.66. The quantitative estimate of drug-likeness (QED) is 0.702. The van der Waals surface area contributed by atoms with E-state index in [1.165, 1.54) is 0 Å². The summed E-state index contributed by atoms with van der Waals surface area (Å²) < 4.78 is 7.30. The third-order valence-corrected chi connectivity index (χ3v) is 3.95. The molecule has 1 aromatic heterocycles. The van der Waals surface area contributed by atoms with Gasteiger partial charge in [-0.2, -0.15) is 0 Å². The van der Waals surface area contributed by atoms with Crippen molar-refractivity contribution in [2.24, 2.45) is 0 Å². The molecule has 4 nitrogen and oxygen atoms in total. The number of hydrogen-bond acceptors (Lipinski definition) is 3. The van der Waals surface area contributed by atoms with Crippen LogP contribution in [0.4, 0.5) is 0 Å². The summed E-state index contributed by atoms with van der Waals surface area (Å²) >= 11 is 0. The molecule has 1 heterocycles. The van der Waals surface area contributed by atoms with E-state index in [1.54, 1.807) is 7.11 Å². The molecule has 0 bridgehead atoms. The van der Waals surface area contributed by atoms with Gasteiger partial charge in [-0.05, 0) is 54.8 Å². The predicted molar refractivity (Wildman–Crippen MR) is 91.1 cm³/mol. The lowest BCUT2D eigenvalue weighted by molar-refractivity contribution is -0.305. The lowest BCUT2D eigenvalue weighted by Gasteiger charge is -2.15. The molecule has 3 rings (SSSR count). The number of carbonyl (C=O) groups excluding carboxylic acids is 1. The highest BCUT2D eigenvalue weighted by atomic mass is 16.5. The summed E-state index contributed by atoms with van der Waals surface area (Å²) in [4.78, 5) is 10.8. The number of benzene rings is 2. The molecule has 0 aliphatic carbocycles. The lowest BCUT2D eigenvalue weighted by atomic mass is 10.1. The summed E-state index contributed by atoms with van der Waals surface area (Å²) in [6.07, 6.45) is 0.412. The summed E-state index contributed by atoms with van der Waals surface area (Å²) in [5, 5.41) is 10.8. The number of aryl methyl sites for hydroxylation is 1. The van der Waals surface area contributed by atoms with E-state index in [-0.39, 0.29) is 6.42 Å². The van der Waals surface area contributed by atoms with Crippen molar-refractivity contribution < 1.29 is 14.6 Å². The zero-order valence-corrected chi connectivity index (χ0v) is 13.4. The molecule has 0 saturated heterocycles. The second-order valence-corrected chi connectivity index (χ2v) is 5.48. The molecule has 24 heavy (non-hydrogen) atoms. The van der Waals surface area contributed by atoms with Gasteiger partial charge in [0.15, 0.2) is 0 Å². The van der Waals surface area contributed by atoms with Crippen LogP contribution < -0.4 is 9.84 Å². The summed E-state index contributed by atoms with van der Waals surface area (Å²) in [6.45, 7) is 0.